The van der Waals surface area contributed by atoms with E-state index in [1.807, 2.05) is 67.6 Å². The van der Waals surface area contributed by atoms with Gasteiger partial charge in [-0.1, -0.05) is 48.5 Å². The second kappa shape index (κ2) is 9.20. The van der Waals surface area contributed by atoms with E-state index in [1.165, 1.54) is 0 Å². The van der Waals surface area contributed by atoms with Gasteiger partial charge in [-0.05, 0) is 30.5 Å². The third-order valence-corrected chi connectivity index (χ3v) is 5.72. The second-order valence-corrected chi connectivity index (χ2v) is 7.68. The monoisotopic (exact) mass is 430 g/mol. The number of para-hydroxylation sites is 1. The lowest BCUT2D eigenvalue weighted by Gasteiger charge is -2.27. The number of nitrogens with one attached hydrogen (secondary N) is 1. The van der Waals surface area contributed by atoms with E-state index in [2.05, 4.69) is 5.32 Å². The van der Waals surface area contributed by atoms with E-state index in [0.29, 0.717) is 29.9 Å². The summed E-state index contributed by atoms with van der Waals surface area (Å²) in [4.78, 5) is 32.5. The fourth-order valence-electron chi connectivity index (χ4n) is 3.79. The van der Waals surface area contributed by atoms with Crippen LogP contribution in [0.2, 0.25) is 0 Å². The number of nitrogens with zero attached hydrogens (tertiary/aromatic N) is 3. The number of ether oxygens (including phenoxy) is 1. The second-order valence-electron chi connectivity index (χ2n) is 7.68. The van der Waals surface area contributed by atoms with Crippen LogP contribution in [0.1, 0.15) is 18.8 Å². The van der Waals surface area contributed by atoms with E-state index < -0.39 is 6.04 Å². The van der Waals surface area contributed by atoms with Crippen LogP contribution in [0.5, 0.6) is 0 Å². The molecule has 164 valence electrons. The summed E-state index contributed by atoms with van der Waals surface area (Å²) in [6.45, 7) is 2.58. The zero-order valence-electron chi connectivity index (χ0n) is 18.4. The van der Waals surface area contributed by atoms with Crippen LogP contribution in [-0.4, -0.2) is 41.2 Å². The molecular weight excluding hydrogens is 404 g/mol. The molecule has 7 nitrogen and oxygen atoms in total. The summed E-state index contributed by atoms with van der Waals surface area (Å²) in [5, 5.41) is 5.55. The number of methoxy groups -OCH3 is 1. The lowest BCUT2D eigenvalue weighted by Crippen LogP contribution is -2.38. The van der Waals surface area contributed by atoms with Crippen LogP contribution in [-0.2, 0) is 11.3 Å². The predicted octanol–water partition coefficient (Wildman–Crippen LogP) is 4.42. The molecule has 0 bridgehead atoms. The largest absolute Gasteiger partial charge is 0.383 e. The molecular formula is C25H26N4O3. The fraction of sp³-hybridized carbons (Fsp3) is 0.240. The Balaban J connectivity index is 1.67. The number of hydrogen-bond donors (Lipinski definition) is 1. The number of fused-ring (bicyclic) bond motifs is 2. The van der Waals surface area contributed by atoms with Crippen molar-refractivity contribution in [1.82, 2.24) is 14.5 Å². The van der Waals surface area contributed by atoms with Gasteiger partial charge in [-0.25, -0.2) is 9.78 Å². The third kappa shape index (κ3) is 4.07. The predicted molar refractivity (Wildman–Crippen MR) is 127 cm³/mol. The van der Waals surface area contributed by atoms with Crippen molar-refractivity contribution in [1.29, 1.82) is 0 Å². The molecule has 1 aromatic heterocycles. The number of aromatic nitrogens is 2. The van der Waals surface area contributed by atoms with E-state index in [9.17, 15) is 9.59 Å². The Morgan fingerprint density at radius 3 is 2.53 bits per heavy atom. The first-order valence-electron chi connectivity index (χ1n) is 10.5. The van der Waals surface area contributed by atoms with Crippen molar-refractivity contribution in [3.63, 3.8) is 0 Å². The van der Waals surface area contributed by atoms with Gasteiger partial charge in [-0.3, -0.25) is 9.36 Å². The number of urea groups is 1. The molecule has 0 aliphatic carbocycles. The lowest BCUT2D eigenvalue weighted by atomic mass is 10.1. The van der Waals surface area contributed by atoms with Gasteiger partial charge in [-0.2, -0.15) is 0 Å². The zero-order chi connectivity index (χ0) is 22.7. The van der Waals surface area contributed by atoms with E-state index in [4.69, 9.17) is 9.72 Å². The summed E-state index contributed by atoms with van der Waals surface area (Å²) in [6, 6.07) is 20.2. The molecule has 1 atom stereocenters. The van der Waals surface area contributed by atoms with Crippen LogP contribution in [0.3, 0.4) is 0 Å². The van der Waals surface area contributed by atoms with Crippen LogP contribution in [0.25, 0.3) is 21.7 Å². The van der Waals surface area contributed by atoms with Gasteiger partial charge in [-0.15, -0.1) is 0 Å². The number of rotatable bonds is 6. The Hall–Kier alpha value is -3.71. The number of amides is 2. The minimum absolute atomic E-state index is 0.141. The van der Waals surface area contributed by atoms with Crippen molar-refractivity contribution in [3.8, 4) is 0 Å². The molecule has 0 saturated heterocycles. The SMILES string of the molecule is COCCn1c(C(C)N(C)C(=O)Nc2cccc3ccccc23)nc2ccccc2c1=O. The zero-order valence-corrected chi connectivity index (χ0v) is 18.4. The van der Waals surface area contributed by atoms with Gasteiger partial charge in [0, 0.05) is 19.5 Å². The maximum Gasteiger partial charge on any atom is 0.322 e. The molecule has 1 unspecified atom stereocenters. The quantitative estimate of drug-likeness (QED) is 0.491. The molecule has 1 N–H and O–H groups in total. The minimum Gasteiger partial charge on any atom is -0.383 e. The van der Waals surface area contributed by atoms with Crippen molar-refractivity contribution in [2.45, 2.75) is 19.5 Å². The molecule has 1 heterocycles. The van der Waals surface area contributed by atoms with Gasteiger partial charge >= 0.3 is 6.03 Å². The average molecular weight is 431 g/mol. The van der Waals surface area contributed by atoms with Crippen LogP contribution in [0, 0.1) is 0 Å². The molecule has 0 fully saturated rings. The highest BCUT2D eigenvalue weighted by Crippen LogP contribution is 2.25. The van der Waals surface area contributed by atoms with Crippen molar-refractivity contribution >= 4 is 33.4 Å². The molecule has 7 heteroatoms. The van der Waals surface area contributed by atoms with Crippen molar-refractivity contribution in [2.24, 2.45) is 0 Å². The summed E-state index contributed by atoms with van der Waals surface area (Å²) >= 11 is 0. The first-order chi connectivity index (χ1) is 15.5. The average Bonchev–Trinajstić information content (AvgIpc) is 2.82. The number of carbonyl (C=O) groups excluding carboxylic acids is 1. The van der Waals surface area contributed by atoms with Crippen molar-refractivity contribution < 1.29 is 9.53 Å². The van der Waals surface area contributed by atoms with Crippen LogP contribution < -0.4 is 10.9 Å². The molecule has 4 aromatic rings. The van der Waals surface area contributed by atoms with E-state index in [-0.39, 0.29) is 11.6 Å². The fourth-order valence-corrected chi connectivity index (χ4v) is 3.79. The number of benzene rings is 3. The third-order valence-electron chi connectivity index (χ3n) is 5.72. The molecule has 0 spiro atoms. The molecule has 0 radical (unpaired) electrons. The molecule has 32 heavy (non-hydrogen) atoms. The van der Waals surface area contributed by atoms with Gasteiger partial charge in [0.05, 0.1) is 35.8 Å². The number of anilines is 1. The van der Waals surface area contributed by atoms with Gasteiger partial charge in [0.1, 0.15) is 5.82 Å². The lowest BCUT2D eigenvalue weighted by molar-refractivity contribution is 0.180. The summed E-state index contributed by atoms with van der Waals surface area (Å²) < 4.78 is 6.79. The maximum atomic E-state index is 13.1. The van der Waals surface area contributed by atoms with Gasteiger partial charge < -0.3 is 15.0 Å². The highest BCUT2D eigenvalue weighted by atomic mass is 16.5. The standard InChI is InChI=1S/C25H26N4O3/c1-17(23-26-22-13-7-6-12-20(22)24(30)29(23)15-16-32-3)28(2)25(31)27-21-14-8-10-18-9-4-5-11-19(18)21/h4-14,17H,15-16H2,1-3H3,(H,27,31). The highest BCUT2D eigenvalue weighted by Gasteiger charge is 2.23. The molecule has 3 aromatic carbocycles. The first kappa shape index (κ1) is 21.5. The molecule has 0 aliphatic rings. The Morgan fingerprint density at radius 2 is 1.75 bits per heavy atom. The van der Waals surface area contributed by atoms with Crippen LogP contribution in [0.4, 0.5) is 10.5 Å². The summed E-state index contributed by atoms with van der Waals surface area (Å²) in [5.74, 6) is 0.515. The molecule has 0 aliphatic heterocycles. The smallest absolute Gasteiger partial charge is 0.322 e. The number of carbonyl (C=O) groups is 1. The maximum absolute atomic E-state index is 13.1. The highest BCUT2D eigenvalue weighted by molar-refractivity contribution is 6.01. The summed E-state index contributed by atoms with van der Waals surface area (Å²) in [7, 11) is 3.29. The Morgan fingerprint density at radius 1 is 1.06 bits per heavy atom. The van der Waals surface area contributed by atoms with Gasteiger partial charge in [0.2, 0.25) is 0 Å². The summed E-state index contributed by atoms with van der Waals surface area (Å²) in [6.07, 6.45) is 0. The normalized spacial score (nSPS) is 12.1. The summed E-state index contributed by atoms with van der Waals surface area (Å²) in [5.41, 5.74) is 1.20. The van der Waals surface area contributed by atoms with Crippen molar-refractivity contribution in [3.05, 3.63) is 82.9 Å². The van der Waals surface area contributed by atoms with E-state index in [0.717, 1.165) is 16.5 Å². The van der Waals surface area contributed by atoms with Gasteiger partial charge in [0.25, 0.3) is 5.56 Å². The Kier molecular flexibility index (Phi) is 6.18. The van der Waals surface area contributed by atoms with Crippen LogP contribution in [0.15, 0.2) is 71.5 Å². The first-order valence-corrected chi connectivity index (χ1v) is 10.5. The molecule has 0 saturated carbocycles. The van der Waals surface area contributed by atoms with Crippen molar-refractivity contribution in [2.75, 3.05) is 26.1 Å². The minimum atomic E-state index is -0.445. The van der Waals surface area contributed by atoms with E-state index in [1.54, 1.807) is 29.7 Å². The molecule has 2 amide bonds. The number of hydrogen-bond acceptors (Lipinski definition) is 4. The Labute approximate surface area is 186 Å². The van der Waals surface area contributed by atoms with Crippen LogP contribution >= 0.6 is 0 Å². The topological polar surface area (TPSA) is 76.5 Å². The Bertz CT molecular complexity index is 1330. The van der Waals surface area contributed by atoms with E-state index >= 15 is 0 Å². The molecule has 4 rings (SSSR count). The van der Waals surface area contributed by atoms with Gasteiger partial charge in [0.15, 0.2) is 0 Å².